The summed E-state index contributed by atoms with van der Waals surface area (Å²) in [5.74, 6) is -0.242. The number of hydrogen-bond acceptors (Lipinski definition) is 3. The Hall–Kier alpha value is -2.18. The number of primary sulfonamides is 1. The van der Waals surface area contributed by atoms with Crippen LogP contribution in [0.4, 0.5) is 0 Å². The van der Waals surface area contributed by atoms with Gasteiger partial charge in [0.05, 0.1) is 10.8 Å². The first-order valence-corrected chi connectivity index (χ1v) is 8.91. The van der Waals surface area contributed by atoms with Gasteiger partial charge in [-0.3, -0.25) is 4.79 Å². The van der Waals surface area contributed by atoms with Crippen LogP contribution >= 0.6 is 0 Å². The highest BCUT2D eigenvalue weighted by Crippen LogP contribution is 2.19. The Bertz CT molecular complexity index is 756. The van der Waals surface area contributed by atoms with Gasteiger partial charge in [0.15, 0.2) is 0 Å². The molecule has 0 heterocycles. The van der Waals surface area contributed by atoms with Crippen LogP contribution in [0.15, 0.2) is 59.5 Å². The highest BCUT2D eigenvalue weighted by molar-refractivity contribution is 7.89. The zero-order chi connectivity index (χ0) is 16.9. The molecule has 6 heteroatoms. The third-order valence-corrected chi connectivity index (χ3v) is 4.57. The molecule has 2 rings (SSSR count). The number of rotatable bonds is 6. The van der Waals surface area contributed by atoms with Crippen LogP contribution in [-0.2, 0) is 21.4 Å². The van der Waals surface area contributed by atoms with Crippen molar-refractivity contribution >= 4 is 15.9 Å². The standard InChI is InChI=1S/C17H20N2O3S/c1-2-16(14-6-4-3-5-7-14)17(20)19-12-13-8-10-15(11-9-13)23(18,21)22/h3-11,16H,2,12H2,1H3,(H,19,20)(H2,18,21,22). The summed E-state index contributed by atoms with van der Waals surface area (Å²) >= 11 is 0. The molecule has 23 heavy (non-hydrogen) atoms. The zero-order valence-corrected chi connectivity index (χ0v) is 13.7. The zero-order valence-electron chi connectivity index (χ0n) is 12.9. The van der Waals surface area contributed by atoms with Gasteiger partial charge in [-0.25, -0.2) is 13.6 Å². The van der Waals surface area contributed by atoms with Crippen molar-refractivity contribution in [1.82, 2.24) is 5.32 Å². The lowest BCUT2D eigenvalue weighted by Gasteiger charge is -2.15. The third-order valence-electron chi connectivity index (χ3n) is 3.65. The largest absolute Gasteiger partial charge is 0.351 e. The van der Waals surface area contributed by atoms with E-state index in [0.29, 0.717) is 13.0 Å². The van der Waals surface area contributed by atoms with Crippen molar-refractivity contribution in [3.05, 3.63) is 65.7 Å². The fraction of sp³-hybridized carbons (Fsp3) is 0.235. The van der Waals surface area contributed by atoms with Crippen molar-refractivity contribution in [3.8, 4) is 0 Å². The minimum absolute atomic E-state index is 0.0470. The fourth-order valence-corrected chi connectivity index (χ4v) is 2.88. The van der Waals surface area contributed by atoms with Gasteiger partial charge >= 0.3 is 0 Å². The smallest absolute Gasteiger partial charge is 0.238 e. The number of carbonyl (C=O) groups is 1. The van der Waals surface area contributed by atoms with Crippen molar-refractivity contribution in [2.75, 3.05) is 0 Å². The molecule has 2 aromatic rings. The summed E-state index contributed by atoms with van der Waals surface area (Å²) in [6.45, 7) is 2.31. The van der Waals surface area contributed by atoms with Crippen LogP contribution < -0.4 is 10.5 Å². The Morgan fingerprint density at radius 2 is 1.70 bits per heavy atom. The number of nitrogens with one attached hydrogen (secondary N) is 1. The second-order valence-electron chi connectivity index (χ2n) is 5.28. The lowest BCUT2D eigenvalue weighted by molar-refractivity contribution is -0.122. The molecule has 0 saturated carbocycles. The van der Waals surface area contributed by atoms with E-state index in [-0.39, 0.29) is 16.7 Å². The molecular weight excluding hydrogens is 312 g/mol. The van der Waals surface area contributed by atoms with Crippen LogP contribution in [-0.4, -0.2) is 14.3 Å². The molecule has 0 bridgehead atoms. The second kappa shape index (κ2) is 7.39. The first-order valence-electron chi connectivity index (χ1n) is 7.36. The van der Waals surface area contributed by atoms with Crippen molar-refractivity contribution < 1.29 is 13.2 Å². The number of nitrogens with two attached hydrogens (primary N) is 1. The summed E-state index contributed by atoms with van der Waals surface area (Å²) in [7, 11) is -3.69. The quantitative estimate of drug-likeness (QED) is 0.849. The Morgan fingerprint density at radius 1 is 1.09 bits per heavy atom. The average molecular weight is 332 g/mol. The van der Waals surface area contributed by atoms with Crippen LogP contribution in [0.2, 0.25) is 0 Å². The van der Waals surface area contributed by atoms with Crippen molar-refractivity contribution in [1.29, 1.82) is 0 Å². The first kappa shape index (κ1) is 17.2. The van der Waals surface area contributed by atoms with Crippen LogP contribution in [0.5, 0.6) is 0 Å². The molecule has 1 amide bonds. The molecule has 1 atom stereocenters. The molecule has 122 valence electrons. The Labute approximate surface area is 136 Å². The maximum atomic E-state index is 12.3. The molecule has 0 aliphatic heterocycles. The van der Waals surface area contributed by atoms with Gasteiger partial charge in [0.2, 0.25) is 15.9 Å². The van der Waals surface area contributed by atoms with E-state index in [2.05, 4.69) is 5.32 Å². The minimum Gasteiger partial charge on any atom is -0.351 e. The summed E-state index contributed by atoms with van der Waals surface area (Å²) in [4.78, 5) is 12.4. The number of hydrogen-bond donors (Lipinski definition) is 2. The van der Waals surface area contributed by atoms with E-state index in [1.807, 2.05) is 37.3 Å². The van der Waals surface area contributed by atoms with E-state index in [1.165, 1.54) is 12.1 Å². The van der Waals surface area contributed by atoms with Gasteiger partial charge < -0.3 is 5.32 Å². The SMILES string of the molecule is CCC(C(=O)NCc1ccc(S(N)(=O)=O)cc1)c1ccccc1. The number of carbonyl (C=O) groups excluding carboxylic acids is 1. The molecule has 0 fully saturated rings. The van der Waals surface area contributed by atoms with Gasteiger partial charge in [0, 0.05) is 6.54 Å². The molecule has 0 aromatic heterocycles. The number of sulfonamides is 1. The predicted molar refractivity (Wildman–Crippen MR) is 89.1 cm³/mol. The van der Waals surface area contributed by atoms with E-state index < -0.39 is 10.0 Å². The number of benzene rings is 2. The van der Waals surface area contributed by atoms with Crippen LogP contribution in [0, 0.1) is 0 Å². The molecule has 0 aliphatic carbocycles. The molecule has 3 N–H and O–H groups in total. The predicted octanol–water partition coefficient (Wildman–Crippen LogP) is 2.14. The van der Waals surface area contributed by atoms with E-state index in [4.69, 9.17) is 5.14 Å². The van der Waals surface area contributed by atoms with Gasteiger partial charge in [-0.2, -0.15) is 0 Å². The van der Waals surface area contributed by atoms with Crippen LogP contribution in [0.25, 0.3) is 0 Å². The first-order chi connectivity index (χ1) is 10.9. The van der Waals surface area contributed by atoms with Crippen LogP contribution in [0.1, 0.15) is 30.4 Å². The van der Waals surface area contributed by atoms with Crippen molar-refractivity contribution in [3.63, 3.8) is 0 Å². The van der Waals surface area contributed by atoms with E-state index in [0.717, 1.165) is 11.1 Å². The van der Waals surface area contributed by atoms with E-state index in [1.54, 1.807) is 12.1 Å². The summed E-state index contributed by atoms with van der Waals surface area (Å²) in [5.41, 5.74) is 1.80. The maximum absolute atomic E-state index is 12.3. The lowest BCUT2D eigenvalue weighted by atomic mass is 9.95. The number of amides is 1. The lowest BCUT2D eigenvalue weighted by Crippen LogP contribution is -2.28. The fourth-order valence-electron chi connectivity index (χ4n) is 2.37. The molecule has 1 unspecified atom stereocenters. The van der Waals surface area contributed by atoms with Gasteiger partial charge in [-0.05, 0) is 29.7 Å². The molecule has 0 radical (unpaired) electrons. The normalized spacial score (nSPS) is 12.6. The Kier molecular flexibility index (Phi) is 5.52. The highest BCUT2D eigenvalue weighted by Gasteiger charge is 2.18. The van der Waals surface area contributed by atoms with Gasteiger partial charge in [0.1, 0.15) is 0 Å². The monoisotopic (exact) mass is 332 g/mol. The molecule has 5 nitrogen and oxygen atoms in total. The molecule has 2 aromatic carbocycles. The summed E-state index contributed by atoms with van der Waals surface area (Å²) in [6, 6.07) is 15.8. The molecule has 0 saturated heterocycles. The highest BCUT2D eigenvalue weighted by atomic mass is 32.2. The summed E-state index contributed by atoms with van der Waals surface area (Å²) in [6.07, 6.45) is 0.709. The van der Waals surface area contributed by atoms with Crippen molar-refractivity contribution in [2.24, 2.45) is 5.14 Å². The van der Waals surface area contributed by atoms with Gasteiger partial charge in [-0.1, -0.05) is 49.4 Å². The maximum Gasteiger partial charge on any atom is 0.238 e. The second-order valence-corrected chi connectivity index (χ2v) is 6.84. The summed E-state index contributed by atoms with van der Waals surface area (Å²) < 4.78 is 22.4. The van der Waals surface area contributed by atoms with Crippen molar-refractivity contribution in [2.45, 2.75) is 30.7 Å². The average Bonchev–Trinajstić information content (AvgIpc) is 2.54. The third kappa shape index (κ3) is 4.64. The molecular formula is C17H20N2O3S. The van der Waals surface area contributed by atoms with Gasteiger partial charge in [0.25, 0.3) is 0 Å². The van der Waals surface area contributed by atoms with Gasteiger partial charge in [-0.15, -0.1) is 0 Å². The Morgan fingerprint density at radius 3 is 2.22 bits per heavy atom. The van der Waals surface area contributed by atoms with E-state index >= 15 is 0 Å². The van der Waals surface area contributed by atoms with Crippen LogP contribution in [0.3, 0.4) is 0 Å². The summed E-state index contributed by atoms with van der Waals surface area (Å²) in [5, 5.41) is 7.94. The van der Waals surface area contributed by atoms with E-state index in [9.17, 15) is 13.2 Å². The molecule has 0 spiro atoms. The minimum atomic E-state index is -3.69. The Balaban J connectivity index is 2.01. The molecule has 0 aliphatic rings. The topological polar surface area (TPSA) is 89.3 Å².